The highest BCUT2D eigenvalue weighted by atomic mass is 16.5. The zero-order chi connectivity index (χ0) is 33.9. The number of ether oxygens (including phenoxy) is 1. The molecule has 2 nitrogen and oxygen atoms in total. The molecule has 0 saturated heterocycles. The first-order chi connectivity index (χ1) is 22.6. The molecule has 0 radical (unpaired) electrons. The number of hydrogen-bond donors (Lipinski definition) is 0. The molecule has 4 rings (SSSR count). The van der Waals surface area contributed by atoms with Crippen LogP contribution in [-0.4, -0.2) is 12.1 Å². The Kier molecular flexibility index (Phi) is 15.8. The lowest BCUT2D eigenvalue weighted by atomic mass is 9.47. The number of carbonyl (C=O) groups is 1. The Labute approximate surface area is 293 Å². The van der Waals surface area contributed by atoms with E-state index in [1.807, 2.05) is 0 Å². The van der Waals surface area contributed by atoms with Crippen molar-refractivity contribution in [3.63, 3.8) is 0 Å². The maximum atomic E-state index is 12.8. The van der Waals surface area contributed by atoms with Crippen molar-refractivity contribution in [1.82, 2.24) is 0 Å². The van der Waals surface area contributed by atoms with Crippen LogP contribution in [0, 0.1) is 52.3 Å². The van der Waals surface area contributed by atoms with E-state index in [-0.39, 0.29) is 12.1 Å². The fourth-order valence-electron chi connectivity index (χ4n) is 11.6. The molecule has 0 bridgehead atoms. The summed E-state index contributed by atoms with van der Waals surface area (Å²) in [5.74, 6) is 6.25. The van der Waals surface area contributed by atoms with Gasteiger partial charge in [-0.2, -0.15) is 0 Å². The van der Waals surface area contributed by atoms with Gasteiger partial charge in [0.2, 0.25) is 0 Å². The van der Waals surface area contributed by atoms with Gasteiger partial charge in [0.05, 0.1) is 0 Å². The standard InChI is InChI=1S/C45H80O2/c1-8-35(4)22-18-16-14-12-10-9-11-13-15-17-19-24-43(46)47-38-29-31-44(6)37(33-38)25-26-39-41-28-27-40(36(5)23-20-21-34(2)3)45(41,7)32-30-42(39)44/h25,34-36,38-42H,8-24,26-33H2,1-7H3/t35?,36-,38+,39+,40-,41+,42+,44+,45-/m1/s1. The third-order valence-corrected chi connectivity index (χ3v) is 14.8. The average Bonchev–Trinajstić information content (AvgIpc) is 3.40. The van der Waals surface area contributed by atoms with E-state index in [2.05, 4.69) is 54.5 Å². The fraction of sp³-hybridized carbons (Fsp3) is 0.933. The summed E-state index contributed by atoms with van der Waals surface area (Å²) in [5.41, 5.74) is 2.54. The quantitative estimate of drug-likeness (QED) is 0.0700. The Bertz CT molecular complexity index is 950. The number of hydrogen-bond acceptors (Lipinski definition) is 2. The molecule has 0 heterocycles. The van der Waals surface area contributed by atoms with Gasteiger partial charge in [-0.15, -0.1) is 0 Å². The molecule has 0 aromatic carbocycles. The number of allylic oxidation sites excluding steroid dienone is 1. The van der Waals surface area contributed by atoms with E-state index in [1.165, 1.54) is 135 Å². The highest BCUT2D eigenvalue weighted by Crippen LogP contribution is 2.67. The van der Waals surface area contributed by atoms with Crippen LogP contribution in [0.5, 0.6) is 0 Å². The van der Waals surface area contributed by atoms with Gasteiger partial charge in [0.1, 0.15) is 6.10 Å². The highest BCUT2D eigenvalue weighted by Gasteiger charge is 2.59. The van der Waals surface area contributed by atoms with Crippen LogP contribution in [0.2, 0.25) is 0 Å². The molecule has 0 amide bonds. The topological polar surface area (TPSA) is 26.3 Å². The molecule has 4 aliphatic rings. The van der Waals surface area contributed by atoms with Crippen LogP contribution in [0.3, 0.4) is 0 Å². The van der Waals surface area contributed by atoms with Crippen molar-refractivity contribution in [2.24, 2.45) is 52.3 Å². The highest BCUT2D eigenvalue weighted by molar-refractivity contribution is 5.69. The molecule has 9 atom stereocenters. The van der Waals surface area contributed by atoms with Crippen LogP contribution in [0.4, 0.5) is 0 Å². The minimum atomic E-state index is 0.0640. The number of esters is 1. The summed E-state index contributed by atoms with van der Waals surface area (Å²) in [6, 6.07) is 0. The summed E-state index contributed by atoms with van der Waals surface area (Å²) < 4.78 is 6.13. The minimum absolute atomic E-state index is 0.0640. The molecule has 2 heteroatoms. The Morgan fingerprint density at radius 2 is 1.43 bits per heavy atom. The van der Waals surface area contributed by atoms with E-state index in [4.69, 9.17) is 4.74 Å². The summed E-state index contributed by atoms with van der Waals surface area (Å²) >= 11 is 0. The van der Waals surface area contributed by atoms with Crippen LogP contribution in [-0.2, 0) is 9.53 Å². The lowest BCUT2D eigenvalue weighted by Gasteiger charge is -2.58. The van der Waals surface area contributed by atoms with Crippen LogP contribution < -0.4 is 0 Å². The molecule has 0 N–H and O–H groups in total. The predicted molar refractivity (Wildman–Crippen MR) is 202 cm³/mol. The SMILES string of the molecule is CCC(C)CCCCCCCCCCCCCC(=O)O[C@H]1CC[C@@]2(C)C(=CC[C@H]3[C@@H]4CC[C@H]([C@H](C)CCCC(C)C)[C@@]4(C)CC[C@@H]32)C1. The van der Waals surface area contributed by atoms with Crippen molar-refractivity contribution >= 4 is 5.97 Å². The zero-order valence-electron chi connectivity index (χ0n) is 32.7. The van der Waals surface area contributed by atoms with Crippen molar-refractivity contribution in [3.8, 4) is 0 Å². The molecular formula is C45H80O2. The van der Waals surface area contributed by atoms with Crippen molar-refractivity contribution in [2.45, 2.75) is 215 Å². The lowest BCUT2D eigenvalue weighted by Crippen LogP contribution is -2.51. The molecule has 47 heavy (non-hydrogen) atoms. The molecule has 3 saturated carbocycles. The van der Waals surface area contributed by atoms with E-state index in [0.29, 0.717) is 17.3 Å². The van der Waals surface area contributed by atoms with Crippen molar-refractivity contribution in [3.05, 3.63) is 11.6 Å². The summed E-state index contributed by atoms with van der Waals surface area (Å²) in [4.78, 5) is 12.8. The molecule has 0 spiro atoms. The average molecular weight is 653 g/mol. The number of carbonyl (C=O) groups excluding carboxylic acids is 1. The van der Waals surface area contributed by atoms with Gasteiger partial charge in [-0.1, -0.05) is 156 Å². The fourth-order valence-corrected chi connectivity index (χ4v) is 11.6. The van der Waals surface area contributed by atoms with Crippen LogP contribution in [0.15, 0.2) is 11.6 Å². The first-order valence-electron chi connectivity index (χ1n) is 21.5. The van der Waals surface area contributed by atoms with E-state index >= 15 is 0 Å². The summed E-state index contributed by atoms with van der Waals surface area (Å²) in [7, 11) is 0. The van der Waals surface area contributed by atoms with Gasteiger partial charge < -0.3 is 4.74 Å². The first-order valence-corrected chi connectivity index (χ1v) is 21.5. The molecular weight excluding hydrogens is 572 g/mol. The number of rotatable bonds is 21. The van der Waals surface area contributed by atoms with Gasteiger partial charge in [-0.05, 0) is 104 Å². The van der Waals surface area contributed by atoms with Crippen molar-refractivity contribution in [2.75, 3.05) is 0 Å². The molecule has 1 unspecified atom stereocenters. The van der Waals surface area contributed by atoms with Gasteiger partial charge in [-0.25, -0.2) is 0 Å². The second kappa shape index (κ2) is 19.0. The van der Waals surface area contributed by atoms with Gasteiger partial charge in [0.15, 0.2) is 0 Å². The molecule has 272 valence electrons. The Morgan fingerprint density at radius 1 is 0.766 bits per heavy atom. The lowest BCUT2D eigenvalue weighted by molar-refractivity contribution is -0.151. The third-order valence-electron chi connectivity index (χ3n) is 14.8. The van der Waals surface area contributed by atoms with Crippen molar-refractivity contribution < 1.29 is 9.53 Å². The van der Waals surface area contributed by atoms with Gasteiger partial charge in [0.25, 0.3) is 0 Å². The smallest absolute Gasteiger partial charge is 0.306 e. The van der Waals surface area contributed by atoms with E-state index < -0.39 is 0 Å². The summed E-state index contributed by atoms with van der Waals surface area (Å²) in [5, 5.41) is 0. The maximum Gasteiger partial charge on any atom is 0.306 e. The van der Waals surface area contributed by atoms with Gasteiger partial charge in [-0.3, -0.25) is 4.79 Å². The Balaban J connectivity index is 1.11. The zero-order valence-corrected chi connectivity index (χ0v) is 32.7. The molecule has 0 aromatic heterocycles. The molecule has 0 aromatic rings. The minimum Gasteiger partial charge on any atom is -0.462 e. The predicted octanol–water partition coefficient (Wildman–Crippen LogP) is 14.1. The van der Waals surface area contributed by atoms with Gasteiger partial charge in [0, 0.05) is 12.8 Å². The van der Waals surface area contributed by atoms with Crippen LogP contribution >= 0.6 is 0 Å². The van der Waals surface area contributed by atoms with Gasteiger partial charge >= 0.3 is 5.97 Å². The summed E-state index contributed by atoms with van der Waals surface area (Å²) in [6.45, 7) is 17.4. The second-order valence-electron chi connectivity index (χ2n) is 18.6. The second-order valence-corrected chi connectivity index (χ2v) is 18.6. The third kappa shape index (κ3) is 10.6. The van der Waals surface area contributed by atoms with E-state index in [1.54, 1.807) is 5.57 Å². The summed E-state index contributed by atoms with van der Waals surface area (Å²) in [6.07, 6.45) is 35.4. The number of fused-ring (bicyclic) bond motifs is 5. The first kappa shape index (κ1) is 39.0. The normalized spacial score (nSPS) is 33.1. The van der Waals surface area contributed by atoms with Crippen molar-refractivity contribution in [1.29, 1.82) is 0 Å². The van der Waals surface area contributed by atoms with E-state index in [9.17, 15) is 4.79 Å². The Hall–Kier alpha value is -0.790. The molecule has 4 aliphatic carbocycles. The molecule has 3 fully saturated rings. The monoisotopic (exact) mass is 653 g/mol. The Morgan fingerprint density at radius 3 is 2.09 bits per heavy atom. The number of unbranched alkanes of at least 4 members (excludes halogenated alkanes) is 10. The largest absolute Gasteiger partial charge is 0.462 e. The van der Waals surface area contributed by atoms with Crippen LogP contribution in [0.1, 0.15) is 209 Å². The molecule has 0 aliphatic heterocycles. The van der Waals surface area contributed by atoms with E-state index in [0.717, 1.165) is 60.7 Å². The maximum absolute atomic E-state index is 12.8. The van der Waals surface area contributed by atoms with Crippen LogP contribution in [0.25, 0.3) is 0 Å².